The first kappa shape index (κ1) is 21.0. The summed E-state index contributed by atoms with van der Waals surface area (Å²) < 4.78 is 34.6. The van der Waals surface area contributed by atoms with Crippen molar-refractivity contribution in [3.63, 3.8) is 0 Å². The third kappa shape index (κ3) is 4.49. The monoisotopic (exact) mass is 440 g/mol. The Morgan fingerprint density at radius 3 is 2.28 bits per heavy atom. The van der Waals surface area contributed by atoms with Gasteiger partial charge in [0.2, 0.25) is 0 Å². The largest absolute Gasteiger partial charge is 0.376 e. The number of rotatable bonds is 6. The van der Waals surface area contributed by atoms with Gasteiger partial charge in [-0.2, -0.15) is 0 Å². The van der Waals surface area contributed by atoms with Crippen molar-refractivity contribution < 1.29 is 13.5 Å². The first-order valence-electron chi connectivity index (χ1n) is 11.0. The maximum absolute atomic E-state index is 13.6. The molecule has 0 aliphatic carbocycles. The molecule has 5 rings (SSSR count). The van der Waals surface area contributed by atoms with E-state index in [1.165, 1.54) is 24.3 Å². The summed E-state index contributed by atoms with van der Waals surface area (Å²) in [5.41, 5.74) is 1.96. The van der Waals surface area contributed by atoms with Gasteiger partial charge >= 0.3 is 0 Å². The Bertz CT molecular complexity index is 1010. The molecule has 32 heavy (non-hydrogen) atoms. The zero-order chi connectivity index (χ0) is 21.9. The third-order valence-electron chi connectivity index (χ3n) is 6.26. The van der Waals surface area contributed by atoms with E-state index < -0.39 is 0 Å². The van der Waals surface area contributed by atoms with Crippen molar-refractivity contribution in [3.8, 4) is 0 Å². The first-order chi connectivity index (χ1) is 15.7. The second-order valence-electron chi connectivity index (χ2n) is 8.31. The number of piperazine rings is 1. The molecule has 0 unspecified atom stereocenters. The number of anilines is 1. The minimum atomic E-state index is -0.271. The predicted molar refractivity (Wildman–Crippen MR) is 115 cm³/mol. The summed E-state index contributed by atoms with van der Waals surface area (Å²) in [6.07, 6.45) is 2.16. The predicted octanol–water partition coefficient (Wildman–Crippen LogP) is 3.04. The number of hydrogen-bond acceptors (Lipinski definition) is 6. The van der Waals surface area contributed by atoms with Crippen molar-refractivity contribution in [2.45, 2.75) is 31.5 Å². The molecular weight excluding hydrogens is 414 g/mol. The van der Waals surface area contributed by atoms with E-state index in [9.17, 15) is 8.78 Å². The number of benzene rings is 2. The number of hydrogen-bond donors (Lipinski definition) is 0. The van der Waals surface area contributed by atoms with Gasteiger partial charge in [-0.15, -0.1) is 5.10 Å². The number of ether oxygens (including phenoxy) is 1. The van der Waals surface area contributed by atoms with E-state index in [-0.39, 0.29) is 23.8 Å². The van der Waals surface area contributed by atoms with Crippen LogP contribution in [0.5, 0.6) is 0 Å². The lowest BCUT2D eigenvalue weighted by molar-refractivity contribution is 0.0906. The molecule has 7 nitrogen and oxygen atoms in total. The summed E-state index contributed by atoms with van der Waals surface area (Å²) in [5, 5.41) is 12.6. The van der Waals surface area contributed by atoms with Gasteiger partial charge in [-0.25, -0.2) is 13.5 Å². The quantitative estimate of drug-likeness (QED) is 0.587. The van der Waals surface area contributed by atoms with Crippen LogP contribution in [0.25, 0.3) is 0 Å². The molecule has 2 aromatic carbocycles. The highest BCUT2D eigenvalue weighted by Crippen LogP contribution is 2.30. The lowest BCUT2D eigenvalue weighted by Gasteiger charge is -2.40. The van der Waals surface area contributed by atoms with Crippen molar-refractivity contribution >= 4 is 5.69 Å². The highest BCUT2D eigenvalue weighted by Gasteiger charge is 2.31. The van der Waals surface area contributed by atoms with Crippen molar-refractivity contribution in [2.75, 3.05) is 37.7 Å². The van der Waals surface area contributed by atoms with Crippen LogP contribution < -0.4 is 4.90 Å². The zero-order valence-electron chi connectivity index (χ0n) is 17.8. The Hall–Kier alpha value is -2.91. The van der Waals surface area contributed by atoms with Gasteiger partial charge in [0, 0.05) is 38.5 Å². The SMILES string of the molecule is Fc1ccc([C@H](c2nnnn2C[C@H]2CCCO2)N2CCN(c3ccc(F)cc3)CC2)cc1. The molecule has 2 fully saturated rings. The average molecular weight is 440 g/mol. The van der Waals surface area contributed by atoms with Gasteiger partial charge in [-0.3, -0.25) is 4.90 Å². The molecule has 2 saturated heterocycles. The number of aromatic nitrogens is 4. The number of nitrogens with zero attached hydrogens (tertiary/aromatic N) is 6. The molecule has 0 amide bonds. The third-order valence-corrected chi connectivity index (χ3v) is 6.26. The molecule has 0 radical (unpaired) electrons. The summed E-state index contributed by atoms with van der Waals surface area (Å²) >= 11 is 0. The maximum atomic E-state index is 13.6. The van der Waals surface area contributed by atoms with Crippen LogP contribution in [0.3, 0.4) is 0 Å². The topological polar surface area (TPSA) is 59.3 Å². The minimum absolute atomic E-state index is 0.112. The molecule has 2 aliphatic rings. The normalized spacial score (nSPS) is 20.6. The average Bonchev–Trinajstić information content (AvgIpc) is 3.49. The Balaban J connectivity index is 1.38. The Morgan fingerprint density at radius 2 is 1.62 bits per heavy atom. The molecule has 168 valence electrons. The van der Waals surface area contributed by atoms with Gasteiger partial charge in [0.25, 0.3) is 0 Å². The summed E-state index contributed by atoms with van der Waals surface area (Å²) in [5.74, 6) is 0.233. The van der Waals surface area contributed by atoms with E-state index in [1.54, 1.807) is 12.1 Å². The fraction of sp³-hybridized carbons (Fsp3) is 0.435. The van der Waals surface area contributed by atoms with Gasteiger partial charge < -0.3 is 9.64 Å². The standard InChI is InChI=1S/C23H26F2N6O/c24-18-5-3-17(4-6-18)22(23-26-27-28-31(23)16-21-2-1-15-32-21)30-13-11-29(12-14-30)20-9-7-19(25)8-10-20/h3-10,21-22H,1-2,11-16H2/t21-,22-/m1/s1. The van der Waals surface area contributed by atoms with E-state index in [0.29, 0.717) is 6.54 Å². The van der Waals surface area contributed by atoms with Crippen molar-refractivity contribution in [2.24, 2.45) is 0 Å². The Labute approximate surface area is 185 Å². The van der Waals surface area contributed by atoms with E-state index >= 15 is 0 Å². The van der Waals surface area contributed by atoms with Crippen LogP contribution in [0.2, 0.25) is 0 Å². The molecule has 0 spiro atoms. The van der Waals surface area contributed by atoms with E-state index in [1.807, 2.05) is 16.8 Å². The molecule has 0 saturated carbocycles. The zero-order valence-corrected chi connectivity index (χ0v) is 17.8. The molecule has 0 N–H and O–H groups in total. The summed E-state index contributed by atoms with van der Waals surface area (Å²) in [6.45, 7) is 4.50. The van der Waals surface area contributed by atoms with E-state index in [4.69, 9.17) is 4.74 Å². The fourth-order valence-corrected chi connectivity index (χ4v) is 4.58. The number of tetrazole rings is 1. The summed E-state index contributed by atoms with van der Waals surface area (Å²) in [6, 6.07) is 13.0. The van der Waals surface area contributed by atoms with Crippen LogP contribution in [0.15, 0.2) is 48.5 Å². The van der Waals surface area contributed by atoms with Crippen LogP contribution in [-0.4, -0.2) is 64.0 Å². The van der Waals surface area contributed by atoms with Gasteiger partial charge in [-0.05, 0) is 65.2 Å². The molecule has 0 bridgehead atoms. The lowest BCUT2D eigenvalue weighted by Crippen LogP contribution is -2.48. The van der Waals surface area contributed by atoms with Crippen LogP contribution >= 0.6 is 0 Å². The highest BCUT2D eigenvalue weighted by atomic mass is 19.1. The van der Waals surface area contributed by atoms with E-state index in [0.717, 1.165) is 62.7 Å². The van der Waals surface area contributed by atoms with Crippen molar-refractivity contribution in [1.82, 2.24) is 25.1 Å². The first-order valence-corrected chi connectivity index (χ1v) is 11.0. The Kier molecular flexibility index (Phi) is 6.09. The van der Waals surface area contributed by atoms with Gasteiger partial charge in [0.05, 0.1) is 18.7 Å². The number of halogens is 2. The van der Waals surface area contributed by atoms with Crippen LogP contribution in [-0.2, 0) is 11.3 Å². The van der Waals surface area contributed by atoms with Gasteiger partial charge in [0.1, 0.15) is 11.6 Å². The van der Waals surface area contributed by atoms with Gasteiger partial charge in [0.15, 0.2) is 5.82 Å². The molecule has 3 heterocycles. The second-order valence-corrected chi connectivity index (χ2v) is 8.31. The molecule has 2 aliphatic heterocycles. The van der Waals surface area contributed by atoms with Crippen molar-refractivity contribution in [3.05, 3.63) is 71.6 Å². The lowest BCUT2D eigenvalue weighted by atomic mass is 10.0. The molecule has 1 aromatic heterocycles. The Morgan fingerprint density at radius 1 is 0.938 bits per heavy atom. The van der Waals surface area contributed by atoms with Crippen LogP contribution in [0.4, 0.5) is 14.5 Å². The molecule has 3 aromatic rings. The fourth-order valence-electron chi connectivity index (χ4n) is 4.58. The molecular formula is C23H26F2N6O. The van der Waals surface area contributed by atoms with Gasteiger partial charge in [-0.1, -0.05) is 12.1 Å². The maximum Gasteiger partial charge on any atom is 0.173 e. The summed E-state index contributed by atoms with van der Waals surface area (Å²) in [4.78, 5) is 4.57. The summed E-state index contributed by atoms with van der Waals surface area (Å²) in [7, 11) is 0. The highest BCUT2D eigenvalue weighted by molar-refractivity contribution is 5.46. The smallest absolute Gasteiger partial charge is 0.173 e. The minimum Gasteiger partial charge on any atom is -0.376 e. The van der Waals surface area contributed by atoms with Crippen LogP contribution in [0.1, 0.15) is 30.3 Å². The second kappa shape index (κ2) is 9.30. The molecule has 2 atom stereocenters. The van der Waals surface area contributed by atoms with Crippen LogP contribution in [0, 0.1) is 11.6 Å². The van der Waals surface area contributed by atoms with Crippen molar-refractivity contribution in [1.29, 1.82) is 0 Å². The molecule has 9 heteroatoms. The van der Waals surface area contributed by atoms with E-state index in [2.05, 4.69) is 25.3 Å².